The fourth-order valence-electron chi connectivity index (χ4n) is 4.51. The van der Waals surface area contributed by atoms with Gasteiger partial charge < -0.3 is 0 Å². The maximum Gasteiger partial charge on any atom is 0.174 e. The minimum Gasteiger partial charge on any atom is -0.203 e. The lowest BCUT2D eigenvalue weighted by molar-refractivity contribution is 0.168. The summed E-state index contributed by atoms with van der Waals surface area (Å²) in [5.74, 6) is 7.25. The molecule has 0 nitrogen and oxygen atoms in total. The number of rotatable bonds is 2. The molecule has 1 aromatic carbocycles. The number of hydrogen-bond acceptors (Lipinski definition) is 0. The zero-order valence-corrected chi connectivity index (χ0v) is 15.2. The molecule has 0 amide bonds. The van der Waals surface area contributed by atoms with E-state index in [1.54, 1.807) is 19.1 Å². The first-order chi connectivity index (χ1) is 12.1. The van der Waals surface area contributed by atoms with Crippen molar-refractivity contribution in [3.8, 4) is 11.8 Å². The van der Waals surface area contributed by atoms with Crippen molar-refractivity contribution < 1.29 is 8.78 Å². The van der Waals surface area contributed by atoms with E-state index in [0.717, 1.165) is 30.6 Å². The zero-order chi connectivity index (χ0) is 17.8. The van der Waals surface area contributed by atoms with Gasteiger partial charge in [0.05, 0.1) is 5.56 Å². The first-order valence-corrected chi connectivity index (χ1v) is 9.67. The van der Waals surface area contributed by atoms with Crippen LogP contribution in [0.2, 0.25) is 0 Å². The van der Waals surface area contributed by atoms with Crippen LogP contribution >= 0.6 is 0 Å². The highest BCUT2D eigenvalue weighted by Gasteiger charge is 2.29. The number of hydrogen-bond donors (Lipinski definition) is 0. The van der Waals surface area contributed by atoms with E-state index >= 15 is 0 Å². The molecule has 25 heavy (non-hydrogen) atoms. The second-order valence-electron chi connectivity index (χ2n) is 7.85. The number of halogens is 2. The van der Waals surface area contributed by atoms with Gasteiger partial charge >= 0.3 is 0 Å². The van der Waals surface area contributed by atoms with Crippen LogP contribution in [0, 0.1) is 54.1 Å². The van der Waals surface area contributed by atoms with Gasteiger partial charge in [0.25, 0.3) is 0 Å². The predicted molar refractivity (Wildman–Crippen MR) is 99.1 cm³/mol. The molecule has 0 radical (unpaired) electrons. The van der Waals surface area contributed by atoms with Crippen molar-refractivity contribution in [3.63, 3.8) is 0 Å². The average molecular weight is 342 g/mol. The maximum absolute atomic E-state index is 13.9. The summed E-state index contributed by atoms with van der Waals surface area (Å²) in [4.78, 5) is 0. The molecule has 2 heteroatoms. The normalized spacial score (nSPS) is 29.6. The van der Waals surface area contributed by atoms with Crippen molar-refractivity contribution in [1.82, 2.24) is 0 Å². The first kappa shape index (κ1) is 18.2. The highest BCUT2D eigenvalue weighted by atomic mass is 19.2. The number of aryl methyl sites for hydroxylation is 1. The molecule has 2 aliphatic carbocycles. The molecule has 2 aliphatic rings. The van der Waals surface area contributed by atoms with Crippen molar-refractivity contribution in [3.05, 3.63) is 47.5 Å². The molecule has 0 atom stereocenters. The molecular formula is C23H28F2. The number of allylic oxidation sites excluding steroid dienone is 1. The molecule has 2 saturated carbocycles. The standard InChI is InChI=1S/C23H28F2/c1-3-17-5-11-19(12-6-17)20-13-7-18(8-14-20)9-15-21-10-4-16(2)22(24)23(21)25/h3-4,10,17-20H,1,5-8,11-14H2,2H3. The summed E-state index contributed by atoms with van der Waals surface area (Å²) in [6.45, 7) is 5.50. The van der Waals surface area contributed by atoms with Gasteiger partial charge in [-0.25, -0.2) is 8.78 Å². The molecule has 2 fully saturated rings. The van der Waals surface area contributed by atoms with Gasteiger partial charge in [-0.1, -0.05) is 24.0 Å². The van der Waals surface area contributed by atoms with Crippen LogP contribution in [0.1, 0.15) is 62.5 Å². The lowest BCUT2D eigenvalue weighted by atomic mass is 9.69. The largest absolute Gasteiger partial charge is 0.203 e. The first-order valence-electron chi connectivity index (χ1n) is 9.67. The predicted octanol–water partition coefficient (Wildman–Crippen LogP) is 6.42. The van der Waals surface area contributed by atoms with Crippen LogP contribution in [0.25, 0.3) is 0 Å². The molecule has 0 spiro atoms. The molecule has 0 aromatic heterocycles. The Hall–Kier alpha value is -1.62. The summed E-state index contributed by atoms with van der Waals surface area (Å²) in [6.07, 6.45) is 12.0. The van der Waals surface area contributed by atoms with E-state index in [1.807, 2.05) is 0 Å². The van der Waals surface area contributed by atoms with Gasteiger partial charge in [-0.3, -0.25) is 0 Å². The van der Waals surface area contributed by atoms with Gasteiger partial charge in [0.1, 0.15) is 0 Å². The molecule has 1 aromatic rings. The Morgan fingerprint density at radius 1 is 0.920 bits per heavy atom. The van der Waals surface area contributed by atoms with E-state index in [1.165, 1.54) is 38.5 Å². The highest BCUT2D eigenvalue weighted by Crippen LogP contribution is 2.41. The van der Waals surface area contributed by atoms with Crippen molar-refractivity contribution in [1.29, 1.82) is 0 Å². The molecule has 0 bridgehead atoms. The molecule has 3 rings (SSSR count). The fraction of sp³-hybridized carbons (Fsp3) is 0.565. The lowest BCUT2D eigenvalue weighted by Crippen LogP contribution is -2.25. The van der Waals surface area contributed by atoms with E-state index in [9.17, 15) is 8.78 Å². The second kappa shape index (κ2) is 8.17. The molecule has 0 heterocycles. The fourth-order valence-corrected chi connectivity index (χ4v) is 4.51. The highest BCUT2D eigenvalue weighted by molar-refractivity contribution is 5.38. The maximum atomic E-state index is 13.9. The summed E-state index contributed by atoms with van der Waals surface area (Å²) in [6, 6.07) is 3.18. The van der Waals surface area contributed by atoms with Crippen molar-refractivity contribution >= 4 is 0 Å². The molecule has 0 saturated heterocycles. The van der Waals surface area contributed by atoms with Crippen LogP contribution < -0.4 is 0 Å². The Morgan fingerprint density at radius 3 is 2.12 bits per heavy atom. The van der Waals surface area contributed by atoms with Gasteiger partial charge in [0, 0.05) is 5.92 Å². The molecule has 0 N–H and O–H groups in total. The molecule has 0 aliphatic heterocycles. The van der Waals surface area contributed by atoms with Gasteiger partial charge in [0.2, 0.25) is 0 Å². The van der Waals surface area contributed by atoms with E-state index in [4.69, 9.17) is 0 Å². The van der Waals surface area contributed by atoms with Crippen LogP contribution in [0.3, 0.4) is 0 Å². The molecule has 134 valence electrons. The van der Waals surface area contributed by atoms with Crippen LogP contribution in [-0.4, -0.2) is 0 Å². The number of benzene rings is 1. The third-order valence-electron chi connectivity index (χ3n) is 6.27. The van der Waals surface area contributed by atoms with Gasteiger partial charge in [0.15, 0.2) is 11.6 Å². The Kier molecular flexibility index (Phi) is 5.94. The van der Waals surface area contributed by atoms with Crippen LogP contribution in [0.15, 0.2) is 24.8 Å². The summed E-state index contributed by atoms with van der Waals surface area (Å²) in [5, 5.41) is 0. The summed E-state index contributed by atoms with van der Waals surface area (Å²) in [7, 11) is 0. The van der Waals surface area contributed by atoms with E-state index in [0.29, 0.717) is 11.5 Å². The van der Waals surface area contributed by atoms with Crippen molar-refractivity contribution in [2.24, 2.45) is 23.7 Å². The summed E-state index contributed by atoms with van der Waals surface area (Å²) < 4.78 is 27.5. The SMILES string of the molecule is C=CC1CCC(C2CCC(C#Cc3ccc(C)c(F)c3F)CC2)CC1. The Balaban J connectivity index is 1.54. The smallest absolute Gasteiger partial charge is 0.174 e. The zero-order valence-electron chi connectivity index (χ0n) is 15.2. The second-order valence-corrected chi connectivity index (χ2v) is 7.85. The topological polar surface area (TPSA) is 0 Å². The Labute approximate surface area is 150 Å². The van der Waals surface area contributed by atoms with Gasteiger partial charge in [-0.2, -0.15) is 0 Å². The summed E-state index contributed by atoms with van der Waals surface area (Å²) >= 11 is 0. The van der Waals surface area contributed by atoms with Crippen molar-refractivity contribution in [2.45, 2.75) is 58.3 Å². The van der Waals surface area contributed by atoms with Gasteiger partial charge in [-0.15, -0.1) is 6.58 Å². The Bertz CT molecular complexity index is 663. The van der Waals surface area contributed by atoms with Crippen LogP contribution in [0.5, 0.6) is 0 Å². The van der Waals surface area contributed by atoms with E-state index < -0.39 is 11.6 Å². The van der Waals surface area contributed by atoms with Crippen LogP contribution in [0.4, 0.5) is 8.78 Å². The minimum absolute atomic E-state index is 0.188. The quantitative estimate of drug-likeness (QED) is 0.429. The van der Waals surface area contributed by atoms with Gasteiger partial charge in [-0.05, 0) is 87.7 Å². The van der Waals surface area contributed by atoms with E-state index in [-0.39, 0.29) is 5.56 Å². The Morgan fingerprint density at radius 2 is 1.52 bits per heavy atom. The minimum atomic E-state index is -0.805. The molecular weight excluding hydrogens is 314 g/mol. The third kappa shape index (κ3) is 4.32. The monoisotopic (exact) mass is 342 g/mol. The average Bonchev–Trinajstić information content (AvgIpc) is 2.66. The molecule has 0 unspecified atom stereocenters. The van der Waals surface area contributed by atoms with Crippen LogP contribution in [-0.2, 0) is 0 Å². The van der Waals surface area contributed by atoms with E-state index in [2.05, 4.69) is 24.5 Å². The third-order valence-corrected chi connectivity index (χ3v) is 6.27. The summed E-state index contributed by atoms with van der Waals surface area (Å²) in [5.41, 5.74) is 0.516. The lowest BCUT2D eigenvalue weighted by Gasteiger charge is -2.36. The van der Waals surface area contributed by atoms with Crippen molar-refractivity contribution in [2.75, 3.05) is 0 Å².